The lowest BCUT2D eigenvalue weighted by Crippen LogP contribution is -2.76. The third-order valence-electron chi connectivity index (χ3n) is 3.30. The molecule has 0 aromatic carbocycles. The van der Waals surface area contributed by atoms with Gasteiger partial charge >= 0.3 is 40.4 Å². The summed E-state index contributed by atoms with van der Waals surface area (Å²) in [7, 11) is 0. The maximum Gasteiger partial charge on any atom is 0.433 e. The Morgan fingerprint density at radius 3 is 0.917 bits per heavy atom. The van der Waals surface area contributed by atoms with Gasteiger partial charge in [-0.2, -0.15) is 57.1 Å². The molecule has 0 amide bonds. The zero-order valence-corrected chi connectivity index (χ0v) is 11.6. The molecule has 0 bridgehead atoms. The molecule has 0 nitrogen and oxygen atoms in total. The van der Waals surface area contributed by atoms with Crippen LogP contribution >= 0.6 is 15.9 Å². The summed E-state index contributed by atoms with van der Waals surface area (Å²) in [5.41, 5.74) is -15.9. The standard InChI is InChI=1S/C8BrF15/c9-7(20,21)2(11,8(22,23)24)1(10)3(12,13)5(16,17)6(18,19)4(1,14)15. The molecule has 1 fully saturated rings. The molecule has 1 saturated carbocycles. The molecule has 1 aliphatic carbocycles. The molecule has 0 aliphatic heterocycles. The lowest BCUT2D eigenvalue weighted by atomic mass is 9.79. The normalized spacial score (nSPS) is 30.0. The second-order valence-corrected chi connectivity index (χ2v) is 5.61. The summed E-state index contributed by atoms with van der Waals surface area (Å²) in [5, 5.41) is 0. The largest absolute Gasteiger partial charge is 0.433 e. The fourth-order valence-corrected chi connectivity index (χ4v) is 2.51. The van der Waals surface area contributed by atoms with Crippen LogP contribution in [-0.4, -0.2) is 46.0 Å². The maximum absolute atomic E-state index is 13.8. The molecule has 1 aliphatic rings. The Morgan fingerprint density at radius 2 is 0.750 bits per heavy atom. The van der Waals surface area contributed by atoms with Crippen molar-refractivity contribution < 1.29 is 65.9 Å². The van der Waals surface area contributed by atoms with Crippen LogP contribution in [0.1, 0.15) is 0 Å². The molecule has 1 unspecified atom stereocenters. The number of hydrogen-bond acceptors (Lipinski definition) is 0. The highest BCUT2D eigenvalue weighted by Crippen LogP contribution is 2.76. The lowest BCUT2D eigenvalue weighted by molar-refractivity contribution is -0.387. The molecule has 1 rings (SSSR count). The van der Waals surface area contributed by atoms with Crippen LogP contribution in [0.3, 0.4) is 0 Å². The number of alkyl halides is 16. The number of rotatable bonds is 2. The maximum atomic E-state index is 13.8. The average molecular weight is 461 g/mol. The van der Waals surface area contributed by atoms with E-state index in [1.807, 2.05) is 0 Å². The fourth-order valence-electron chi connectivity index (χ4n) is 2.01. The molecule has 0 aromatic rings. The molecule has 0 spiro atoms. The van der Waals surface area contributed by atoms with Gasteiger partial charge in [0.05, 0.1) is 0 Å². The monoisotopic (exact) mass is 460 g/mol. The van der Waals surface area contributed by atoms with Crippen molar-refractivity contribution in [1.29, 1.82) is 0 Å². The Morgan fingerprint density at radius 1 is 0.500 bits per heavy atom. The molecule has 0 radical (unpaired) electrons. The molecule has 24 heavy (non-hydrogen) atoms. The Bertz CT molecular complexity index is 485. The van der Waals surface area contributed by atoms with Gasteiger partial charge in [-0.1, -0.05) is 0 Å². The van der Waals surface area contributed by atoms with Gasteiger partial charge < -0.3 is 0 Å². The molecule has 16 heteroatoms. The summed E-state index contributed by atoms with van der Waals surface area (Å²) in [6.07, 6.45) is -7.75. The van der Waals surface area contributed by atoms with E-state index < -0.39 is 46.0 Å². The zero-order chi connectivity index (χ0) is 20.0. The van der Waals surface area contributed by atoms with E-state index in [-0.39, 0.29) is 0 Å². The average Bonchev–Trinajstić information content (AvgIpc) is 2.36. The van der Waals surface area contributed by atoms with Gasteiger partial charge in [0.25, 0.3) is 5.67 Å². The molecule has 0 aromatic heterocycles. The Labute approximate surface area is 129 Å². The van der Waals surface area contributed by atoms with E-state index in [1.165, 1.54) is 0 Å². The van der Waals surface area contributed by atoms with Gasteiger partial charge in [0.1, 0.15) is 0 Å². The highest BCUT2D eigenvalue weighted by molar-refractivity contribution is 9.10. The van der Waals surface area contributed by atoms with E-state index in [9.17, 15) is 65.9 Å². The van der Waals surface area contributed by atoms with E-state index in [2.05, 4.69) is 0 Å². The van der Waals surface area contributed by atoms with E-state index in [0.717, 1.165) is 0 Å². The smallest absolute Gasteiger partial charge is 0.225 e. The van der Waals surface area contributed by atoms with Crippen LogP contribution < -0.4 is 0 Å². The van der Waals surface area contributed by atoms with Crippen molar-refractivity contribution in [2.75, 3.05) is 0 Å². The van der Waals surface area contributed by atoms with Crippen molar-refractivity contribution in [2.24, 2.45) is 0 Å². The second-order valence-electron chi connectivity index (χ2n) is 4.61. The summed E-state index contributed by atoms with van der Waals surface area (Å²) in [5.74, 6) is -31.1. The fraction of sp³-hybridized carbons (Fsp3) is 1.00. The number of hydrogen-bond donors (Lipinski definition) is 0. The van der Waals surface area contributed by atoms with Crippen molar-refractivity contribution in [1.82, 2.24) is 0 Å². The van der Waals surface area contributed by atoms with E-state index in [0.29, 0.717) is 15.9 Å². The summed E-state index contributed by atoms with van der Waals surface area (Å²) >= 11 is 0.336. The predicted molar refractivity (Wildman–Crippen MR) is 47.4 cm³/mol. The summed E-state index contributed by atoms with van der Waals surface area (Å²) in [6.45, 7) is 0. The van der Waals surface area contributed by atoms with Crippen LogP contribution in [0.5, 0.6) is 0 Å². The lowest BCUT2D eigenvalue weighted by Gasteiger charge is -2.44. The van der Waals surface area contributed by atoms with Gasteiger partial charge in [-0.15, -0.1) is 0 Å². The van der Waals surface area contributed by atoms with Crippen molar-refractivity contribution >= 4 is 15.9 Å². The minimum Gasteiger partial charge on any atom is -0.225 e. The SMILES string of the molecule is FC(F)(F)C(F)(C(F)(F)Br)C1(F)C(F)(F)C(F)(F)C(F)(F)C1(F)F. The van der Waals surface area contributed by atoms with Gasteiger partial charge in [0, 0.05) is 0 Å². The minimum atomic E-state index is -8.08. The van der Waals surface area contributed by atoms with Crippen LogP contribution in [0.15, 0.2) is 0 Å². The molecular formula is C8BrF15. The number of halogens is 16. The van der Waals surface area contributed by atoms with Crippen LogP contribution in [0, 0.1) is 0 Å². The van der Waals surface area contributed by atoms with E-state index in [4.69, 9.17) is 0 Å². The van der Waals surface area contributed by atoms with Crippen molar-refractivity contribution in [3.05, 3.63) is 0 Å². The van der Waals surface area contributed by atoms with Gasteiger partial charge in [-0.05, 0) is 15.9 Å². The molecule has 144 valence electrons. The quantitative estimate of drug-likeness (QED) is 0.376. The van der Waals surface area contributed by atoms with Gasteiger partial charge in [0.15, 0.2) is 0 Å². The first-order valence-electron chi connectivity index (χ1n) is 5.02. The molecule has 0 heterocycles. The second kappa shape index (κ2) is 4.58. The molecule has 1 atom stereocenters. The Hall–Kier alpha value is -0.570. The molecule has 0 N–H and O–H groups in total. The zero-order valence-electron chi connectivity index (χ0n) is 10.0. The first kappa shape index (κ1) is 21.5. The van der Waals surface area contributed by atoms with Crippen LogP contribution in [0.25, 0.3) is 0 Å². The van der Waals surface area contributed by atoms with Crippen molar-refractivity contribution in [3.63, 3.8) is 0 Å². The van der Waals surface area contributed by atoms with E-state index in [1.54, 1.807) is 0 Å². The van der Waals surface area contributed by atoms with Gasteiger partial charge in [0.2, 0.25) is 0 Å². The predicted octanol–water partition coefficient (Wildman–Crippen LogP) is 5.51. The van der Waals surface area contributed by atoms with Crippen molar-refractivity contribution in [2.45, 2.75) is 46.0 Å². The Balaban J connectivity index is 4.09. The van der Waals surface area contributed by atoms with Crippen molar-refractivity contribution in [3.8, 4) is 0 Å². The van der Waals surface area contributed by atoms with Gasteiger partial charge in [-0.25, -0.2) is 8.78 Å². The first-order chi connectivity index (χ1) is 10.0. The van der Waals surface area contributed by atoms with Crippen LogP contribution in [0.4, 0.5) is 65.9 Å². The highest BCUT2D eigenvalue weighted by atomic mass is 79.9. The van der Waals surface area contributed by atoms with Crippen LogP contribution in [-0.2, 0) is 0 Å². The highest BCUT2D eigenvalue weighted by Gasteiger charge is 3.08. The van der Waals surface area contributed by atoms with Crippen LogP contribution in [0.2, 0.25) is 0 Å². The topological polar surface area (TPSA) is 0 Å². The minimum absolute atomic E-state index is 0.336. The Kier molecular flexibility index (Phi) is 4.10. The summed E-state index contributed by atoms with van der Waals surface area (Å²) in [4.78, 5) is -6.77. The third kappa shape index (κ3) is 1.75. The third-order valence-corrected chi connectivity index (χ3v) is 3.85. The molecular weight excluding hydrogens is 461 g/mol. The summed E-state index contributed by atoms with van der Waals surface area (Å²) < 4.78 is 194. The van der Waals surface area contributed by atoms with Gasteiger partial charge in [-0.3, -0.25) is 0 Å². The van der Waals surface area contributed by atoms with E-state index >= 15 is 0 Å². The summed E-state index contributed by atoms with van der Waals surface area (Å²) in [6, 6.07) is 0. The first-order valence-corrected chi connectivity index (χ1v) is 5.82. The molecule has 0 saturated heterocycles.